The molecule has 1 aromatic carbocycles. The van der Waals surface area contributed by atoms with Gasteiger partial charge < -0.3 is 21.3 Å². The number of piperidine rings is 1. The van der Waals surface area contributed by atoms with Crippen LogP contribution in [0.5, 0.6) is 0 Å². The van der Waals surface area contributed by atoms with E-state index >= 15 is 0 Å². The number of rotatable bonds is 2. The van der Waals surface area contributed by atoms with Crippen LogP contribution in [0.25, 0.3) is 11.3 Å². The Balaban J connectivity index is 1.60. The number of hydrogen-bond acceptors (Lipinski definition) is 6. The topological polar surface area (TPSA) is 79.1 Å². The predicted octanol–water partition coefficient (Wildman–Crippen LogP) is 2.44. The van der Waals surface area contributed by atoms with Gasteiger partial charge in [-0.25, -0.2) is 4.98 Å². The molecule has 6 heteroatoms. The fourth-order valence-electron chi connectivity index (χ4n) is 5.05. The number of fused-ring (bicyclic) bond motifs is 4. The molecule has 4 N–H and O–H groups in total. The number of nitrogens with two attached hydrogens (primary N) is 1. The minimum absolute atomic E-state index is 0.384. The summed E-state index contributed by atoms with van der Waals surface area (Å²) in [7, 11) is 1.96. The largest absolute Gasteiger partial charge is 0.388 e. The van der Waals surface area contributed by atoms with E-state index in [1.807, 2.05) is 7.05 Å². The van der Waals surface area contributed by atoms with E-state index < -0.39 is 0 Å². The fourth-order valence-corrected chi connectivity index (χ4v) is 5.05. The second kappa shape index (κ2) is 6.68. The number of aromatic nitrogens is 2. The van der Waals surface area contributed by atoms with Gasteiger partial charge in [0, 0.05) is 43.0 Å². The van der Waals surface area contributed by atoms with Crippen molar-refractivity contribution in [2.24, 2.45) is 5.92 Å². The van der Waals surface area contributed by atoms with Gasteiger partial charge >= 0.3 is 0 Å². The van der Waals surface area contributed by atoms with Crippen molar-refractivity contribution >= 4 is 17.5 Å². The van der Waals surface area contributed by atoms with Crippen LogP contribution >= 0.6 is 0 Å². The van der Waals surface area contributed by atoms with Gasteiger partial charge in [0.25, 0.3) is 0 Å². The Bertz CT molecular complexity index is 850. The number of hydrogen-bond donors (Lipinski definition) is 3. The average molecular weight is 364 g/mol. The predicted molar refractivity (Wildman–Crippen MR) is 110 cm³/mol. The first-order chi connectivity index (χ1) is 13.2. The van der Waals surface area contributed by atoms with Crippen LogP contribution < -0.4 is 21.3 Å². The van der Waals surface area contributed by atoms with E-state index in [-0.39, 0.29) is 0 Å². The molecule has 142 valence electrons. The van der Waals surface area contributed by atoms with Crippen LogP contribution in [-0.2, 0) is 12.8 Å². The molecule has 3 heterocycles. The first-order valence-corrected chi connectivity index (χ1v) is 10.2. The summed E-state index contributed by atoms with van der Waals surface area (Å²) in [4.78, 5) is 11.9. The zero-order chi connectivity index (χ0) is 18.4. The lowest BCUT2D eigenvalue weighted by Crippen LogP contribution is -2.40. The highest BCUT2D eigenvalue weighted by atomic mass is 15.3. The van der Waals surface area contributed by atoms with E-state index in [2.05, 4.69) is 33.7 Å². The zero-order valence-corrected chi connectivity index (χ0v) is 16.0. The van der Waals surface area contributed by atoms with E-state index in [1.54, 1.807) is 0 Å². The molecule has 3 aliphatic rings. The molecule has 2 atom stereocenters. The lowest BCUT2D eigenvalue weighted by atomic mass is 9.94. The van der Waals surface area contributed by atoms with Crippen molar-refractivity contribution in [3.05, 3.63) is 29.3 Å². The zero-order valence-electron chi connectivity index (χ0n) is 16.0. The van der Waals surface area contributed by atoms with E-state index in [1.165, 1.54) is 29.5 Å². The summed E-state index contributed by atoms with van der Waals surface area (Å²) in [6.45, 7) is 3.24. The van der Waals surface area contributed by atoms with Crippen LogP contribution in [0, 0.1) is 5.92 Å². The molecule has 2 aliphatic heterocycles. The molecule has 0 spiro atoms. The molecule has 1 aromatic heterocycles. The van der Waals surface area contributed by atoms with Crippen LogP contribution in [0.4, 0.5) is 17.5 Å². The minimum atomic E-state index is 0.384. The Morgan fingerprint density at radius 2 is 2.11 bits per heavy atom. The summed E-state index contributed by atoms with van der Waals surface area (Å²) in [6, 6.07) is 7.16. The lowest BCUT2D eigenvalue weighted by molar-refractivity contribution is 0.340. The maximum atomic E-state index is 6.20. The molecule has 2 aromatic rings. The van der Waals surface area contributed by atoms with Gasteiger partial charge in [0.15, 0.2) is 0 Å². The Morgan fingerprint density at radius 3 is 2.96 bits per heavy atom. The first-order valence-electron chi connectivity index (χ1n) is 10.2. The molecular formula is C21H28N6. The second-order valence-corrected chi connectivity index (χ2v) is 8.08. The fraction of sp³-hybridized carbons (Fsp3) is 0.524. The van der Waals surface area contributed by atoms with Crippen molar-refractivity contribution in [2.75, 3.05) is 42.6 Å². The quantitative estimate of drug-likeness (QED) is 0.760. The van der Waals surface area contributed by atoms with E-state index in [9.17, 15) is 0 Å². The smallest absolute Gasteiger partial charge is 0.222 e. The van der Waals surface area contributed by atoms with Crippen molar-refractivity contribution < 1.29 is 0 Å². The summed E-state index contributed by atoms with van der Waals surface area (Å²) in [5.41, 5.74) is 12.2. The third kappa shape index (κ3) is 2.92. The highest BCUT2D eigenvalue weighted by Gasteiger charge is 2.36. The molecule has 0 radical (unpaired) electrons. The summed E-state index contributed by atoms with van der Waals surface area (Å²) in [6.07, 6.45) is 5.79. The Labute approximate surface area is 160 Å². The van der Waals surface area contributed by atoms with Crippen LogP contribution in [0.2, 0.25) is 0 Å². The molecule has 0 amide bonds. The van der Waals surface area contributed by atoms with Gasteiger partial charge in [-0.3, -0.25) is 0 Å². The monoisotopic (exact) mass is 364 g/mol. The molecule has 5 rings (SSSR count). The van der Waals surface area contributed by atoms with Crippen molar-refractivity contribution in [1.82, 2.24) is 15.3 Å². The van der Waals surface area contributed by atoms with Gasteiger partial charge in [-0.1, -0.05) is 6.07 Å². The first kappa shape index (κ1) is 16.8. The maximum absolute atomic E-state index is 6.20. The number of nitrogen functional groups attached to an aromatic ring is 1. The molecule has 0 saturated carbocycles. The summed E-state index contributed by atoms with van der Waals surface area (Å²) < 4.78 is 0. The minimum Gasteiger partial charge on any atom is -0.388 e. The van der Waals surface area contributed by atoms with Gasteiger partial charge in [0.2, 0.25) is 5.95 Å². The molecule has 0 bridgehead atoms. The van der Waals surface area contributed by atoms with Crippen molar-refractivity contribution in [3.63, 3.8) is 0 Å². The highest BCUT2D eigenvalue weighted by Crippen LogP contribution is 2.39. The number of nitrogens with one attached hydrogen (secondary N) is 2. The average Bonchev–Trinajstić information content (AvgIpc) is 3.04. The SMILES string of the molecule is CNc1ccc2c(c1)-c1nc(N)nc(N3C[C@H]4CCCN[C@H]4C3)c1CCC2. The van der Waals surface area contributed by atoms with Crippen LogP contribution in [0.15, 0.2) is 18.2 Å². The van der Waals surface area contributed by atoms with Crippen LogP contribution in [-0.4, -0.2) is 42.7 Å². The summed E-state index contributed by atoms with van der Waals surface area (Å²) >= 11 is 0. The standard InChI is InChI=1S/C21H28N6/c1-23-15-8-7-13-4-2-6-16-19(17(13)10-15)25-21(22)26-20(16)27-11-14-5-3-9-24-18(14)12-27/h7-8,10,14,18,23-24H,2-6,9,11-12H2,1H3,(H2,22,25,26)/t14-,18+/m1/s1. The van der Waals surface area contributed by atoms with E-state index in [4.69, 9.17) is 15.7 Å². The summed E-state index contributed by atoms with van der Waals surface area (Å²) in [5, 5.41) is 6.95. The molecule has 2 saturated heterocycles. The number of anilines is 3. The molecule has 2 fully saturated rings. The Kier molecular flexibility index (Phi) is 4.16. The Morgan fingerprint density at radius 1 is 1.19 bits per heavy atom. The van der Waals surface area contributed by atoms with E-state index in [0.29, 0.717) is 12.0 Å². The molecule has 0 unspecified atom stereocenters. The van der Waals surface area contributed by atoms with Gasteiger partial charge in [-0.05, 0) is 62.3 Å². The molecule has 6 nitrogen and oxygen atoms in total. The maximum Gasteiger partial charge on any atom is 0.222 e. The third-order valence-electron chi connectivity index (χ3n) is 6.43. The summed E-state index contributed by atoms with van der Waals surface area (Å²) in [5.74, 6) is 2.17. The molecule has 27 heavy (non-hydrogen) atoms. The Hall–Kier alpha value is -2.34. The number of benzene rings is 1. The van der Waals surface area contributed by atoms with Crippen molar-refractivity contribution in [2.45, 2.75) is 38.1 Å². The van der Waals surface area contributed by atoms with Gasteiger partial charge in [0.1, 0.15) is 5.82 Å². The second-order valence-electron chi connectivity index (χ2n) is 8.08. The van der Waals surface area contributed by atoms with Gasteiger partial charge in [0.05, 0.1) is 5.69 Å². The van der Waals surface area contributed by atoms with Gasteiger partial charge in [-0.2, -0.15) is 4.98 Å². The number of aryl methyl sites for hydroxylation is 1. The molecular weight excluding hydrogens is 336 g/mol. The molecule has 1 aliphatic carbocycles. The third-order valence-corrected chi connectivity index (χ3v) is 6.43. The van der Waals surface area contributed by atoms with Crippen molar-refractivity contribution in [3.8, 4) is 11.3 Å². The number of nitrogens with zero attached hydrogens (tertiary/aromatic N) is 3. The van der Waals surface area contributed by atoms with Crippen LogP contribution in [0.1, 0.15) is 30.4 Å². The van der Waals surface area contributed by atoms with Crippen molar-refractivity contribution in [1.29, 1.82) is 0 Å². The van der Waals surface area contributed by atoms with E-state index in [0.717, 1.165) is 62.0 Å². The highest BCUT2D eigenvalue weighted by molar-refractivity contribution is 5.76. The normalized spacial score (nSPS) is 24.0. The van der Waals surface area contributed by atoms with Crippen LogP contribution in [0.3, 0.4) is 0 Å². The van der Waals surface area contributed by atoms with Gasteiger partial charge in [-0.15, -0.1) is 0 Å². The lowest BCUT2D eigenvalue weighted by Gasteiger charge is -2.24.